The predicted molar refractivity (Wildman–Crippen MR) is 83.6 cm³/mol. The Bertz CT molecular complexity index is 485. The Morgan fingerprint density at radius 2 is 2.15 bits per heavy atom. The van der Waals surface area contributed by atoms with Crippen molar-refractivity contribution in [2.75, 3.05) is 25.1 Å². The second kappa shape index (κ2) is 8.66. The summed E-state index contributed by atoms with van der Waals surface area (Å²) < 4.78 is 28.2. The van der Waals surface area contributed by atoms with E-state index in [1.54, 1.807) is 22.6 Å². The molecule has 0 saturated carbocycles. The lowest BCUT2D eigenvalue weighted by atomic mass is 10.4. The van der Waals surface area contributed by atoms with Crippen LogP contribution in [-0.4, -0.2) is 49.3 Å². The Balaban J connectivity index is 2.48. The minimum atomic E-state index is -3.42. The summed E-state index contributed by atoms with van der Waals surface area (Å²) >= 11 is 1.71. The highest BCUT2D eigenvalue weighted by atomic mass is 32.2. The lowest BCUT2D eigenvalue weighted by Crippen LogP contribution is -2.27. The maximum Gasteiger partial charge on any atom is 0.243 e. The highest BCUT2D eigenvalue weighted by Gasteiger charge is 2.15. The van der Waals surface area contributed by atoms with E-state index in [0.717, 1.165) is 18.7 Å². The van der Waals surface area contributed by atoms with Crippen LogP contribution in [0.1, 0.15) is 20.3 Å². The number of hydrogen-bond donors (Lipinski definition) is 2. The van der Waals surface area contributed by atoms with Gasteiger partial charge in [-0.25, -0.2) is 13.1 Å². The van der Waals surface area contributed by atoms with Crippen LogP contribution in [0.2, 0.25) is 0 Å². The quantitative estimate of drug-likeness (QED) is 0.627. The fourth-order valence-corrected chi connectivity index (χ4v) is 3.04. The molecule has 0 amide bonds. The minimum Gasteiger partial charge on any atom is -0.313 e. The number of thioether (sulfide) groups is 1. The van der Waals surface area contributed by atoms with Gasteiger partial charge in [-0.3, -0.25) is 4.68 Å². The highest BCUT2D eigenvalue weighted by molar-refractivity contribution is 7.98. The average Bonchev–Trinajstić information content (AvgIpc) is 2.84. The zero-order valence-corrected chi connectivity index (χ0v) is 13.9. The molecule has 0 saturated heterocycles. The molecule has 0 bridgehead atoms. The van der Waals surface area contributed by atoms with Crippen LogP contribution in [-0.2, 0) is 16.6 Å². The summed E-state index contributed by atoms with van der Waals surface area (Å²) in [5.41, 5.74) is 0. The topological polar surface area (TPSA) is 76.0 Å². The lowest BCUT2D eigenvalue weighted by molar-refractivity contribution is 0.514. The first kappa shape index (κ1) is 17.5. The summed E-state index contributed by atoms with van der Waals surface area (Å²) in [7, 11) is -3.42. The van der Waals surface area contributed by atoms with Gasteiger partial charge in [0.05, 0.1) is 12.7 Å². The first-order chi connectivity index (χ1) is 9.45. The number of nitrogens with zero attached hydrogens (tertiary/aromatic N) is 2. The molecular formula is C12H24N4O2S2. The molecule has 1 aromatic heterocycles. The van der Waals surface area contributed by atoms with Crippen molar-refractivity contribution >= 4 is 21.8 Å². The van der Waals surface area contributed by atoms with Crippen LogP contribution in [0.4, 0.5) is 0 Å². The Hall–Kier alpha value is -0.570. The molecule has 1 rings (SSSR count). The van der Waals surface area contributed by atoms with Crippen molar-refractivity contribution in [1.82, 2.24) is 19.8 Å². The van der Waals surface area contributed by atoms with Gasteiger partial charge in [0.2, 0.25) is 10.0 Å². The zero-order chi connectivity index (χ0) is 15.0. The van der Waals surface area contributed by atoms with Gasteiger partial charge in [-0.15, -0.1) is 0 Å². The summed E-state index contributed by atoms with van der Waals surface area (Å²) in [6.45, 7) is 6.01. The van der Waals surface area contributed by atoms with E-state index < -0.39 is 10.0 Å². The van der Waals surface area contributed by atoms with Crippen molar-refractivity contribution in [1.29, 1.82) is 0 Å². The lowest BCUT2D eigenvalue weighted by Gasteiger charge is -2.07. The van der Waals surface area contributed by atoms with Crippen LogP contribution in [0, 0.1) is 0 Å². The third-order valence-electron chi connectivity index (χ3n) is 2.63. The second-order valence-electron chi connectivity index (χ2n) is 4.79. The number of sulfonamides is 1. The first-order valence-corrected chi connectivity index (χ1v) is 9.58. The van der Waals surface area contributed by atoms with Crippen molar-refractivity contribution in [3.8, 4) is 0 Å². The summed E-state index contributed by atoms with van der Waals surface area (Å²) in [6, 6.07) is 0.409. The molecule has 0 radical (unpaired) electrons. The SMILES string of the molecule is CSCCCNS(=O)(=O)c1cnn(CCNC(C)C)c1. The molecular weight excluding hydrogens is 296 g/mol. The van der Waals surface area contributed by atoms with E-state index in [1.165, 1.54) is 6.20 Å². The molecule has 1 aromatic rings. The molecule has 116 valence electrons. The number of rotatable bonds is 10. The van der Waals surface area contributed by atoms with E-state index in [9.17, 15) is 8.42 Å². The van der Waals surface area contributed by atoms with Crippen LogP contribution in [0.3, 0.4) is 0 Å². The predicted octanol–water partition coefficient (Wildman–Crippen LogP) is 0.913. The molecule has 0 spiro atoms. The molecule has 1 heterocycles. The van der Waals surface area contributed by atoms with E-state index in [0.29, 0.717) is 19.1 Å². The van der Waals surface area contributed by atoms with Gasteiger partial charge >= 0.3 is 0 Å². The Labute approximate surface area is 125 Å². The zero-order valence-electron chi connectivity index (χ0n) is 12.3. The van der Waals surface area contributed by atoms with E-state index in [2.05, 4.69) is 29.0 Å². The normalized spacial score (nSPS) is 12.2. The largest absolute Gasteiger partial charge is 0.313 e. The van der Waals surface area contributed by atoms with Gasteiger partial charge < -0.3 is 5.32 Å². The molecule has 0 atom stereocenters. The number of aromatic nitrogens is 2. The standard InChI is InChI=1S/C12H24N4O2S2/c1-11(2)13-6-7-16-10-12(9-14-16)20(17,18)15-5-4-8-19-3/h9-11,13,15H,4-8H2,1-3H3. The molecule has 0 unspecified atom stereocenters. The van der Waals surface area contributed by atoms with Gasteiger partial charge in [0.15, 0.2) is 0 Å². The molecule has 0 aliphatic heterocycles. The molecule has 0 aliphatic carbocycles. The Kier molecular flexibility index (Phi) is 7.57. The monoisotopic (exact) mass is 320 g/mol. The van der Waals surface area contributed by atoms with E-state index in [-0.39, 0.29) is 4.90 Å². The third kappa shape index (κ3) is 6.25. The summed E-state index contributed by atoms with van der Waals surface area (Å²) in [5, 5.41) is 7.34. The third-order valence-corrected chi connectivity index (χ3v) is 4.74. The van der Waals surface area contributed by atoms with Gasteiger partial charge in [-0.1, -0.05) is 13.8 Å². The first-order valence-electron chi connectivity index (χ1n) is 6.70. The van der Waals surface area contributed by atoms with Crippen molar-refractivity contribution in [2.24, 2.45) is 0 Å². The summed E-state index contributed by atoms with van der Waals surface area (Å²) in [5.74, 6) is 0.947. The van der Waals surface area contributed by atoms with Gasteiger partial charge in [0.1, 0.15) is 4.90 Å². The van der Waals surface area contributed by atoms with Gasteiger partial charge in [0, 0.05) is 25.3 Å². The fourth-order valence-electron chi connectivity index (χ4n) is 1.58. The maximum atomic E-state index is 12.0. The Morgan fingerprint density at radius 3 is 2.80 bits per heavy atom. The van der Waals surface area contributed by atoms with E-state index in [1.807, 2.05) is 6.26 Å². The van der Waals surface area contributed by atoms with Crippen LogP contribution in [0.15, 0.2) is 17.3 Å². The summed E-state index contributed by atoms with van der Waals surface area (Å²) in [6.07, 6.45) is 5.79. The molecule has 0 fully saturated rings. The fraction of sp³-hybridized carbons (Fsp3) is 0.750. The van der Waals surface area contributed by atoms with Crippen molar-refractivity contribution in [3.05, 3.63) is 12.4 Å². The molecule has 0 aromatic carbocycles. The molecule has 8 heteroatoms. The maximum absolute atomic E-state index is 12.0. The van der Waals surface area contributed by atoms with Gasteiger partial charge in [-0.2, -0.15) is 16.9 Å². The van der Waals surface area contributed by atoms with Gasteiger partial charge in [-0.05, 0) is 18.4 Å². The molecule has 6 nitrogen and oxygen atoms in total. The average molecular weight is 320 g/mol. The van der Waals surface area contributed by atoms with Crippen LogP contribution >= 0.6 is 11.8 Å². The van der Waals surface area contributed by atoms with Crippen molar-refractivity contribution in [3.63, 3.8) is 0 Å². The molecule has 20 heavy (non-hydrogen) atoms. The number of hydrogen-bond acceptors (Lipinski definition) is 5. The minimum absolute atomic E-state index is 0.228. The van der Waals surface area contributed by atoms with Crippen molar-refractivity contribution < 1.29 is 8.42 Å². The van der Waals surface area contributed by atoms with Crippen molar-refractivity contribution in [2.45, 2.75) is 37.8 Å². The van der Waals surface area contributed by atoms with Crippen LogP contribution in [0.25, 0.3) is 0 Å². The molecule has 2 N–H and O–H groups in total. The van der Waals surface area contributed by atoms with E-state index >= 15 is 0 Å². The second-order valence-corrected chi connectivity index (χ2v) is 7.54. The van der Waals surface area contributed by atoms with Crippen LogP contribution < -0.4 is 10.0 Å². The smallest absolute Gasteiger partial charge is 0.243 e. The highest BCUT2D eigenvalue weighted by Crippen LogP contribution is 2.07. The molecule has 0 aliphatic rings. The van der Waals surface area contributed by atoms with E-state index in [4.69, 9.17) is 0 Å². The van der Waals surface area contributed by atoms with Crippen LogP contribution in [0.5, 0.6) is 0 Å². The number of nitrogens with one attached hydrogen (secondary N) is 2. The Morgan fingerprint density at radius 1 is 1.40 bits per heavy atom. The van der Waals surface area contributed by atoms with Gasteiger partial charge in [0.25, 0.3) is 0 Å². The summed E-state index contributed by atoms with van der Waals surface area (Å²) in [4.78, 5) is 0.228.